The highest BCUT2D eigenvalue weighted by Gasteiger charge is 2.29. The van der Waals surface area contributed by atoms with E-state index in [1.165, 1.54) is 12.1 Å². The molecule has 0 radical (unpaired) electrons. The number of carbonyl (C=O) groups excluding carboxylic acids is 2. The standard InChI is InChI=1S/C19H18ClFN2O2/c20-17-11-14(21)8-9-16(17)19(25)23-10-4-5-13(12-23)18(24)22-15-6-2-1-3-7-15/h1-3,6-9,11,13H,4-5,10,12H2,(H,22,24). The fraction of sp³-hybridized carbons (Fsp3) is 0.263. The Balaban J connectivity index is 1.68. The molecule has 1 fully saturated rings. The van der Waals surface area contributed by atoms with Gasteiger partial charge in [0.25, 0.3) is 5.91 Å². The fourth-order valence-corrected chi connectivity index (χ4v) is 3.22. The minimum Gasteiger partial charge on any atom is -0.338 e. The van der Waals surface area contributed by atoms with Crippen molar-refractivity contribution >= 4 is 29.1 Å². The number of carbonyl (C=O) groups is 2. The van der Waals surface area contributed by atoms with E-state index in [-0.39, 0.29) is 28.3 Å². The zero-order chi connectivity index (χ0) is 17.8. The Hall–Kier alpha value is -2.40. The summed E-state index contributed by atoms with van der Waals surface area (Å²) in [5, 5.41) is 2.96. The number of halogens is 2. The van der Waals surface area contributed by atoms with Crippen LogP contribution in [0.25, 0.3) is 0 Å². The molecular weight excluding hydrogens is 343 g/mol. The number of rotatable bonds is 3. The van der Waals surface area contributed by atoms with Crippen molar-refractivity contribution in [2.24, 2.45) is 5.92 Å². The average molecular weight is 361 g/mol. The van der Waals surface area contributed by atoms with E-state index in [4.69, 9.17) is 11.6 Å². The molecule has 130 valence electrons. The lowest BCUT2D eigenvalue weighted by molar-refractivity contribution is -0.121. The number of nitrogens with zero attached hydrogens (tertiary/aromatic N) is 1. The Morgan fingerprint density at radius 3 is 2.64 bits per heavy atom. The van der Waals surface area contributed by atoms with Gasteiger partial charge in [0.05, 0.1) is 16.5 Å². The molecule has 0 aliphatic carbocycles. The summed E-state index contributed by atoms with van der Waals surface area (Å²) in [6, 6.07) is 12.9. The molecule has 1 aliphatic rings. The van der Waals surface area contributed by atoms with Crippen LogP contribution in [0.1, 0.15) is 23.2 Å². The third-order valence-corrected chi connectivity index (χ3v) is 4.59. The molecule has 6 heteroatoms. The van der Waals surface area contributed by atoms with Crippen molar-refractivity contribution in [2.45, 2.75) is 12.8 Å². The van der Waals surface area contributed by atoms with Crippen molar-refractivity contribution in [3.63, 3.8) is 0 Å². The van der Waals surface area contributed by atoms with Gasteiger partial charge in [-0.3, -0.25) is 9.59 Å². The van der Waals surface area contributed by atoms with Crippen LogP contribution < -0.4 is 5.32 Å². The second-order valence-electron chi connectivity index (χ2n) is 6.07. The minimum absolute atomic E-state index is 0.0841. The first-order chi connectivity index (χ1) is 12.0. The van der Waals surface area contributed by atoms with Crippen molar-refractivity contribution in [3.8, 4) is 0 Å². The number of hydrogen-bond donors (Lipinski definition) is 1. The topological polar surface area (TPSA) is 49.4 Å². The summed E-state index contributed by atoms with van der Waals surface area (Å²) in [6.45, 7) is 0.882. The van der Waals surface area contributed by atoms with Crippen molar-refractivity contribution in [3.05, 3.63) is 64.9 Å². The molecule has 0 saturated carbocycles. The molecule has 1 unspecified atom stereocenters. The van der Waals surface area contributed by atoms with E-state index in [1.807, 2.05) is 30.3 Å². The Kier molecular flexibility index (Phi) is 5.34. The van der Waals surface area contributed by atoms with Crippen LogP contribution in [0.5, 0.6) is 0 Å². The predicted molar refractivity (Wildman–Crippen MR) is 95.1 cm³/mol. The van der Waals surface area contributed by atoms with Gasteiger partial charge in [-0.25, -0.2) is 4.39 Å². The fourth-order valence-electron chi connectivity index (χ4n) is 2.97. The van der Waals surface area contributed by atoms with Gasteiger partial charge >= 0.3 is 0 Å². The first kappa shape index (κ1) is 17.4. The van der Waals surface area contributed by atoms with Gasteiger partial charge < -0.3 is 10.2 Å². The van der Waals surface area contributed by atoms with E-state index in [2.05, 4.69) is 5.32 Å². The Morgan fingerprint density at radius 2 is 1.92 bits per heavy atom. The van der Waals surface area contributed by atoms with E-state index < -0.39 is 5.82 Å². The van der Waals surface area contributed by atoms with Crippen LogP contribution >= 0.6 is 11.6 Å². The molecule has 2 aromatic rings. The first-order valence-corrected chi connectivity index (χ1v) is 8.52. The van der Waals surface area contributed by atoms with Gasteiger partial charge in [0, 0.05) is 18.8 Å². The number of piperidine rings is 1. The van der Waals surface area contributed by atoms with Crippen molar-refractivity contribution in [2.75, 3.05) is 18.4 Å². The molecule has 0 aromatic heterocycles. The molecule has 3 rings (SSSR count). The quantitative estimate of drug-likeness (QED) is 0.900. The molecular formula is C19H18ClFN2O2. The van der Waals surface area contributed by atoms with Gasteiger partial charge in [-0.05, 0) is 43.2 Å². The number of benzene rings is 2. The first-order valence-electron chi connectivity index (χ1n) is 8.15. The second-order valence-corrected chi connectivity index (χ2v) is 6.48. The summed E-state index contributed by atoms with van der Waals surface area (Å²) >= 11 is 5.98. The van der Waals surface area contributed by atoms with Crippen LogP contribution in [0, 0.1) is 11.7 Å². The van der Waals surface area contributed by atoms with Gasteiger partial charge in [0.2, 0.25) is 5.91 Å². The number of likely N-dealkylation sites (tertiary alicyclic amines) is 1. The molecule has 0 bridgehead atoms. The zero-order valence-electron chi connectivity index (χ0n) is 13.5. The highest BCUT2D eigenvalue weighted by atomic mass is 35.5. The van der Waals surface area contributed by atoms with Crippen molar-refractivity contribution in [1.29, 1.82) is 0 Å². The SMILES string of the molecule is O=C(Nc1ccccc1)C1CCCN(C(=O)c2ccc(F)cc2Cl)C1. The maximum atomic E-state index is 13.2. The monoisotopic (exact) mass is 360 g/mol. The Labute approximate surface area is 150 Å². The number of anilines is 1. The minimum atomic E-state index is -0.486. The molecule has 2 amide bonds. The highest BCUT2D eigenvalue weighted by Crippen LogP contribution is 2.24. The summed E-state index contributed by atoms with van der Waals surface area (Å²) in [6.07, 6.45) is 1.46. The maximum Gasteiger partial charge on any atom is 0.255 e. The molecule has 1 atom stereocenters. The zero-order valence-corrected chi connectivity index (χ0v) is 14.3. The van der Waals surface area contributed by atoms with Gasteiger partial charge in [-0.2, -0.15) is 0 Å². The molecule has 1 N–H and O–H groups in total. The Bertz CT molecular complexity index is 782. The molecule has 1 saturated heterocycles. The lowest BCUT2D eigenvalue weighted by atomic mass is 9.96. The number of para-hydroxylation sites is 1. The number of nitrogens with one attached hydrogen (secondary N) is 1. The van der Waals surface area contributed by atoms with Gasteiger partial charge in [-0.15, -0.1) is 0 Å². The molecule has 2 aromatic carbocycles. The lowest BCUT2D eigenvalue weighted by Gasteiger charge is -2.32. The summed E-state index contributed by atoms with van der Waals surface area (Å²) in [4.78, 5) is 26.7. The van der Waals surface area contributed by atoms with Crippen LogP contribution in [-0.4, -0.2) is 29.8 Å². The summed E-state index contributed by atoms with van der Waals surface area (Å²) < 4.78 is 13.2. The molecule has 1 heterocycles. The van der Waals surface area contributed by atoms with Gasteiger partial charge in [0.15, 0.2) is 0 Å². The van der Waals surface area contributed by atoms with Gasteiger partial charge in [0.1, 0.15) is 5.82 Å². The van der Waals surface area contributed by atoms with Crippen LogP contribution in [0.15, 0.2) is 48.5 Å². The smallest absolute Gasteiger partial charge is 0.255 e. The van der Waals surface area contributed by atoms with E-state index in [0.29, 0.717) is 13.1 Å². The second kappa shape index (κ2) is 7.66. The van der Waals surface area contributed by atoms with Crippen LogP contribution in [0.2, 0.25) is 5.02 Å². The molecule has 1 aliphatic heterocycles. The molecule has 0 spiro atoms. The van der Waals surface area contributed by atoms with E-state index in [0.717, 1.165) is 24.6 Å². The molecule has 4 nitrogen and oxygen atoms in total. The summed E-state index contributed by atoms with van der Waals surface area (Å²) in [5.74, 6) is -1.14. The van der Waals surface area contributed by atoms with Crippen molar-refractivity contribution in [1.82, 2.24) is 4.90 Å². The third-order valence-electron chi connectivity index (χ3n) is 4.28. The number of amides is 2. The summed E-state index contributed by atoms with van der Waals surface area (Å²) in [5.41, 5.74) is 0.990. The van der Waals surface area contributed by atoms with Crippen LogP contribution in [-0.2, 0) is 4.79 Å². The van der Waals surface area contributed by atoms with E-state index in [9.17, 15) is 14.0 Å². The largest absolute Gasteiger partial charge is 0.338 e. The average Bonchev–Trinajstić information content (AvgIpc) is 2.62. The third kappa shape index (κ3) is 4.17. The van der Waals surface area contributed by atoms with Crippen LogP contribution in [0.3, 0.4) is 0 Å². The van der Waals surface area contributed by atoms with Crippen molar-refractivity contribution < 1.29 is 14.0 Å². The maximum absolute atomic E-state index is 13.2. The Morgan fingerprint density at radius 1 is 1.16 bits per heavy atom. The van der Waals surface area contributed by atoms with E-state index in [1.54, 1.807) is 4.90 Å². The predicted octanol–water partition coefficient (Wildman–Crippen LogP) is 3.97. The molecule has 25 heavy (non-hydrogen) atoms. The highest BCUT2D eigenvalue weighted by molar-refractivity contribution is 6.33. The van der Waals surface area contributed by atoms with Gasteiger partial charge in [-0.1, -0.05) is 29.8 Å². The normalized spacial score (nSPS) is 17.2. The number of hydrogen-bond acceptors (Lipinski definition) is 2. The summed E-state index contributed by atoms with van der Waals surface area (Å²) in [7, 11) is 0. The van der Waals surface area contributed by atoms with E-state index >= 15 is 0 Å². The van der Waals surface area contributed by atoms with Crippen LogP contribution in [0.4, 0.5) is 10.1 Å². The lowest BCUT2D eigenvalue weighted by Crippen LogP contribution is -2.43.